The van der Waals surface area contributed by atoms with Gasteiger partial charge in [-0.05, 0) is 44.0 Å². The molecule has 33 heavy (non-hydrogen) atoms. The van der Waals surface area contributed by atoms with Crippen LogP contribution in [-0.2, 0) is 7.05 Å². The van der Waals surface area contributed by atoms with E-state index in [4.69, 9.17) is 4.74 Å². The van der Waals surface area contributed by atoms with Gasteiger partial charge in [0, 0.05) is 31.4 Å². The van der Waals surface area contributed by atoms with Crippen LogP contribution in [0.1, 0.15) is 17.7 Å². The van der Waals surface area contributed by atoms with E-state index in [2.05, 4.69) is 25.7 Å². The number of anilines is 2. The lowest BCUT2D eigenvalue weighted by Crippen LogP contribution is -2.53. The van der Waals surface area contributed by atoms with Gasteiger partial charge >= 0.3 is 6.09 Å². The summed E-state index contributed by atoms with van der Waals surface area (Å²) in [6.45, 7) is 4.75. The molecule has 4 aromatic rings. The third-order valence-electron chi connectivity index (χ3n) is 5.95. The average Bonchev–Trinajstić information content (AvgIpc) is 3.31. The zero-order valence-corrected chi connectivity index (χ0v) is 18.6. The van der Waals surface area contributed by atoms with Crippen LogP contribution in [0.2, 0.25) is 0 Å². The molecule has 5 rings (SSSR count). The van der Waals surface area contributed by atoms with Gasteiger partial charge in [0.2, 0.25) is 0 Å². The normalized spacial score (nSPS) is 15.5. The fourth-order valence-corrected chi connectivity index (χ4v) is 3.85. The first-order valence-corrected chi connectivity index (χ1v) is 10.6. The smallest absolute Gasteiger partial charge is 0.407 e. The van der Waals surface area contributed by atoms with E-state index in [1.54, 1.807) is 15.4 Å². The molecule has 0 aliphatic carbocycles. The second-order valence-electron chi connectivity index (χ2n) is 8.15. The number of pyridine rings is 1. The van der Waals surface area contributed by atoms with Crippen molar-refractivity contribution < 1.29 is 14.6 Å². The van der Waals surface area contributed by atoms with Crippen LogP contribution < -0.4 is 10.1 Å². The van der Waals surface area contributed by atoms with Gasteiger partial charge in [-0.1, -0.05) is 0 Å². The van der Waals surface area contributed by atoms with Crippen LogP contribution in [0, 0.1) is 13.8 Å². The summed E-state index contributed by atoms with van der Waals surface area (Å²) in [6.07, 6.45) is 3.41. The summed E-state index contributed by atoms with van der Waals surface area (Å²) >= 11 is 0. The molecule has 1 amide bonds. The Morgan fingerprint density at radius 2 is 2.09 bits per heavy atom. The molecule has 11 heteroatoms. The van der Waals surface area contributed by atoms with Gasteiger partial charge in [0.05, 0.1) is 23.4 Å². The maximum Gasteiger partial charge on any atom is 0.407 e. The molecule has 0 bridgehead atoms. The summed E-state index contributed by atoms with van der Waals surface area (Å²) in [5.74, 6) is 1.91. The van der Waals surface area contributed by atoms with E-state index in [0.717, 1.165) is 34.5 Å². The van der Waals surface area contributed by atoms with Crippen molar-refractivity contribution in [1.82, 2.24) is 34.5 Å². The average molecular weight is 448 g/mol. The van der Waals surface area contributed by atoms with Gasteiger partial charge in [-0.15, -0.1) is 5.10 Å². The quantitative estimate of drug-likeness (QED) is 0.461. The molecule has 1 atom stereocenters. The third kappa shape index (κ3) is 3.93. The highest BCUT2D eigenvalue weighted by atomic mass is 16.5. The number of amides is 1. The summed E-state index contributed by atoms with van der Waals surface area (Å²) in [5, 5.41) is 29.6. The Morgan fingerprint density at radius 3 is 2.82 bits per heavy atom. The minimum Gasteiger partial charge on any atom is -0.487 e. The number of carboxylic acid groups (broad SMARTS) is 1. The number of rotatable bonds is 6. The van der Waals surface area contributed by atoms with Gasteiger partial charge in [-0.25, -0.2) is 9.31 Å². The molecule has 0 radical (unpaired) electrons. The van der Waals surface area contributed by atoms with E-state index in [-0.39, 0.29) is 6.04 Å². The standard InChI is InChI=1S/C22H24N8O3/c1-13-8-19(26-25-14(13)2)24-20-10-17-9-15(4-7-30(17)27-20)21-18(11-23-28(21)3)33-12-16-5-6-29(16)22(31)32/h4,7-11,16H,5-6,12H2,1-3H3,(H,31,32)(H,24,26,27). The maximum atomic E-state index is 11.2. The topological polar surface area (TPSA) is 123 Å². The molecule has 5 heterocycles. The fourth-order valence-electron chi connectivity index (χ4n) is 3.85. The van der Waals surface area contributed by atoms with Crippen molar-refractivity contribution in [2.75, 3.05) is 18.5 Å². The summed E-state index contributed by atoms with van der Waals surface area (Å²) in [5.41, 5.74) is 4.56. The van der Waals surface area contributed by atoms with Crippen molar-refractivity contribution in [3.05, 3.63) is 47.9 Å². The van der Waals surface area contributed by atoms with Gasteiger partial charge in [-0.3, -0.25) is 4.68 Å². The lowest BCUT2D eigenvalue weighted by Gasteiger charge is -2.38. The van der Waals surface area contributed by atoms with Crippen molar-refractivity contribution in [3.63, 3.8) is 0 Å². The van der Waals surface area contributed by atoms with Gasteiger partial charge in [0.1, 0.15) is 12.3 Å². The predicted molar refractivity (Wildman–Crippen MR) is 121 cm³/mol. The van der Waals surface area contributed by atoms with Crippen LogP contribution in [0.25, 0.3) is 16.8 Å². The highest BCUT2D eigenvalue weighted by Crippen LogP contribution is 2.31. The SMILES string of the molecule is Cc1cc(Nc2cc3cc(-c4c(OCC5CCN5C(=O)O)cnn4C)ccn3n2)nnc1C. The lowest BCUT2D eigenvalue weighted by molar-refractivity contribution is 0.0501. The molecular weight excluding hydrogens is 424 g/mol. The largest absolute Gasteiger partial charge is 0.487 e. The van der Waals surface area contributed by atoms with E-state index in [9.17, 15) is 9.90 Å². The van der Waals surface area contributed by atoms with Crippen LogP contribution in [0.15, 0.2) is 36.7 Å². The van der Waals surface area contributed by atoms with Gasteiger partial charge in [0.15, 0.2) is 17.4 Å². The highest BCUT2D eigenvalue weighted by Gasteiger charge is 2.32. The molecule has 1 fully saturated rings. The molecule has 1 aliphatic heterocycles. The third-order valence-corrected chi connectivity index (χ3v) is 5.95. The lowest BCUT2D eigenvalue weighted by atomic mass is 10.1. The molecule has 0 aromatic carbocycles. The molecule has 1 unspecified atom stereocenters. The van der Waals surface area contributed by atoms with Gasteiger partial charge in [-0.2, -0.15) is 15.3 Å². The van der Waals surface area contributed by atoms with Gasteiger partial charge < -0.3 is 20.1 Å². The van der Waals surface area contributed by atoms with E-state index in [1.165, 1.54) is 4.90 Å². The second kappa shape index (κ2) is 8.08. The van der Waals surface area contributed by atoms with E-state index < -0.39 is 6.09 Å². The van der Waals surface area contributed by atoms with E-state index in [1.807, 2.05) is 51.4 Å². The van der Waals surface area contributed by atoms with E-state index in [0.29, 0.717) is 30.5 Å². The Bertz CT molecular complexity index is 1340. The van der Waals surface area contributed by atoms with Gasteiger partial charge in [0.25, 0.3) is 0 Å². The molecule has 0 saturated carbocycles. The Kier molecular flexibility index (Phi) is 5.08. The molecule has 11 nitrogen and oxygen atoms in total. The zero-order chi connectivity index (χ0) is 23.1. The first-order valence-electron chi connectivity index (χ1n) is 10.6. The van der Waals surface area contributed by atoms with Crippen LogP contribution in [0.3, 0.4) is 0 Å². The number of aromatic nitrogens is 6. The number of ether oxygens (including phenoxy) is 1. The number of nitrogens with zero attached hydrogens (tertiary/aromatic N) is 7. The molecule has 4 aromatic heterocycles. The summed E-state index contributed by atoms with van der Waals surface area (Å²) in [4.78, 5) is 12.6. The maximum absolute atomic E-state index is 11.2. The number of hydrogen-bond donors (Lipinski definition) is 2. The fraction of sp³-hybridized carbons (Fsp3) is 0.318. The molecule has 1 saturated heterocycles. The van der Waals surface area contributed by atoms with Crippen molar-refractivity contribution in [2.24, 2.45) is 7.05 Å². The Hall–Kier alpha value is -4.15. The minimum absolute atomic E-state index is 0.130. The second-order valence-corrected chi connectivity index (χ2v) is 8.15. The van der Waals surface area contributed by atoms with E-state index >= 15 is 0 Å². The molecule has 1 aliphatic rings. The van der Waals surface area contributed by atoms with Crippen molar-refractivity contribution in [3.8, 4) is 17.0 Å². The Morgan fingerprint density at radius 1 is 1.24 bits per heavy atom. The summed E-state index contributed by atoms with van der Waals surface area (Å²) in [7, 11) is 1.85. The monoisotopic (exact) mass is 448 g/mol. The number of hydrogen-bond acceptors (Lipinski definition) is 7. The van der Waals surface area contributed by atoms with Crippen molar-refractivity contribution >= 4 is 23.2 Å². The number of aryl methyl sites for hydroxylation is 3. The number of carbonyl (C=O) groups is 1. The highest BCUT2D eigenvalue weighted by molar-refractivity contribution is 5.73. The Balaban J connectivity index is 1.37. The molecule has 0 spiro atoms. The van der Waals surface area contributed by atoms with Crippen molar-refractivity contribution in [2.45, 2.75) is 26.3 Å². The molecular formula is C22H24N8O3. The van der Waals surface area contributed by atoms with Crippen LogP contribution in [-0.4, -0.2) is 64.9 Å². The van der Waals surface area contributed by atoms with Crippen LogP contribution in [0.5, 0.6) is 5.75 Å². The number of fused-ring (bicyclic) bond motifs is 1. The minimum atomic E-state index is -0.913. The number of likely N-dealkylation sites (tertiary alicyclic amines) is 1. The van der Waals surface area contributed by atoms with Crippen molar-refractivity contribution in [1.29, 1.82) is 0 Å². The molecule has 2 N–H and O–H groups in total. The van der Waals surface area contributed by atoms with Crippen LogP contribution >= 0.6 is 0 Å². The molecule has 170 valence electrons. The number of nitrogens with one attached hydrogen (secondary N) is 1. The summed E-state index contributed by atoms with van der Waals surface area (Å²) in [6, 6.07) is 7.67. The first kappa shape index (κ1) is 20.7. The van der Waals surface area contributed by atoms with Crippen LogP contribution in [0.4, 0.5) is 16.4 Å². The Labute approximate surface area is 189 Å². The first-order chi connectivity index (χ1) is 15.9. The summed E-state index contributed by atoms with van der Waals surface area (Å²) < 4.78 is 9.50. The zero-order valence-electron chi connectivity index (χ0n) is 18.6. The predicted octanol–water partition coefficient (Wildman–Crippen LogP) is 3.02.